The van der Waals surface area contributed by atoms with E-state index in [1.54, 1.807) is 0 Å². The van der Waals surface area contributed by atoms with Crippen LogP contribution in [0.15, 0.2) is 0 Å². The molecule has 1 rings (SSSR count). The molecule has 0 aromatic rings. The zero-order valence-corrected chi connectivity index (χ0v) is 5.98. The minimum atomic E-state index is -0.0851. The van der Waals surface area contributed by atoms with E-state index in [1.165, 1.54) is 0 Å². The Labute approximate surface area is 56.3 Å². The largest absolute Gasteiger partial charge is 0.466 e. The molecular weight excluding hydrogens is 172 g/mol. The molecule has 0 aliphatic carbocycles. The lowest BCUT2D eigenvalue weighted by molar-refractivity contribution is -0.146. The molecule has 1 heterocycles. The van der Waals surface area contributed by atoms with E-state index in [9.17, 15) is 4.79 Å². The second kappa shape index (κ2) is 2.49. The zero-order chi connectivity index (χ0) is 5.98. The normalized spacial score (nSPS) is 29.6. The number of hydrogen-bond donors (Lipinski definition) is 0. The molecule has 1 fully saturated rings. The Balaban J connectivity index is 2.34. The maximum atomic E-state index is 10.4. The number of alkyl halides is 1. The molecule has 0 spiro atoms. The number of carbonyl (C=O) groups excluding carboxylic acids is 1. The van der Waals surface area contributed by atoms with E-state index < -0.39 is 0 Å². The van der Waals surface area contributed by atoms with Crippen molar-refractivity contribution in [3.8, 4) is 0 Å². The Morgan fingerprint density at radius 3 is 2.88 bits per heavy atom. The van der Waals surface area contributed by atoms with Gasteiger partial charge in [0.25, 0.3) is 0 Å². The Hall–Kier alpha value is -0.0500. The Kier molecular flexibility index (Phi) is 1.89. The Morgan fingerprint density at radius 1 is 1.75 bits per heavy atom. The third-order valence-corrected chi connectivity index (χ3v) is 1.86. The average molecular weight is 179 g/mol. The van der Waals surface area contributed by atoms with Gasteiger partial charge < -0.3 is 4.74 Å². The molecule has 0 N–H and O–H groups in total. The van der Waals surface area contributed by atoms with Crippen LogP contribution in [0.4, 0.5) is 0 Å². The fourth-order valence-electron chi connectivity index (χ4n) is 0.642. The number of ether oxygens (including phenoxy) is 1. The van der Waals surface area contributed by atoms with Crippen LogP contribution in [0.2, 0.25) is 0 Å². The highest BCUT2D eigenvalue weighted by atomic mass is 79.9. The third kappa shape index (κ3) is 1.47. The van der Waals surface area contributed by atoms with Gasteiger partial charge in [0, 0.05) is 4.83 Å². The van der Waals surface area contributed by atoms with E-state index in [0.717, 1.165) is 6.42 Å². The smallest absolute Gasteiger partial charge is 0.306 e. The van der Waals surface area contributed by atoms with Crippen molar-refractivity contribution in [3.05, 3.63) is 0 Å². The van der Waals surface area contributed by atoms with Crippen molar-refractivity contribution in [2.75, 3.05) is 6.61 Å². The van der Waals surface area contributed by atoms with E-state index in [-0.39, 0.29) is 5.97 Å². The molecule has 0 bridgehead atoms. The first-order valence-corrected chi connectivity index (χ1v) is 3.50. The number of halogens is 1. The lowest BCUT2D eigenvalue weighted by Crippen LogP contribution is -2.20. The molecular formula is C5H7BrO2. The van der Waals surface area contributed by atoms with Crippen molar-refractivity contribution in [2.24, 2.45) is 0 Å². The van der Waals surface area contributed by atoms with Crippen molar-refractivity contribution in [1.29, 1.82) is 0 Å². The monoisotopic (exact) mass is 178 g/mol. The first-order valence-electron chi connectivity index (χ1n) is 2.59. The fourth-order valence-corrected chi connectivity index (χ4v) is 1.09. The van der Waals surface area contributed by atoms with Crippen molar-refractivity contribution in [2.45, 2.75) is 17.7 Å². The number of hydrogen-bond acceptors (Lipinski definition) is 2. The van der Waals surface area contributed by atoms with Crippen LogP contribution in [0.25, 0.3) is 0 Å². The molecule has 8 heavy (non-hydrogen) atoms. The predicted octanol–water partition coefficient (Wildman–Crippen LogP) is 1.09. The maximum Gasteiger partial charge on any atom is 0.306 e. The lowest BCUT2D eigenvalue weighted by atomic mass is 10.2. The number of cyclic esters (lactones) is 1. The van der Waals surface area contributed by atoms with Crippen molar-refractivity contribution in [1.82, 2.24) is 0 Å². The molecule has 0 radical (unpaired) electrons. The van der Waals surface area contributed by atoms with Gasteiger partial charge in [-0.25, -0.2) is 0 Å². The molecule has 2 nitrogen and oxygen atoms in total. The minimum Gasteiger partial charge on any atom is -0.466 e. The van der Waals surface area contributed by atoms with Crippen LogP contribution in [0.1, 0.15) is 12.8 Å². The van der Waals surface area contributed by atoms with Gasteiger partial charge in [0.2, 0.25) is 0 Å². The van der Waals surface area contributed by atoms with Gasteiger partial charge in [0.1, 0.15) is 0 Å². The Morgan fingerprint density at radius 2 is 2.50 bits per heavy atom. The van der Waals surface area contributed by atoms with Gasteiger partial charge in [-0.1, -0.05) is 15.9 Å². The van der Waals surface area contributed by atoms with E-state index in [0.29, 0.717) is 17.9 Å². The molecule has 46 valence electrons. The van der Waals surface area contributed by atoms with Crippen LogP contribution in [-0.4, -0.2) is 17.4 Å². The van der Waals surface area contributed by atoms with Gasteiger partial charge >= 0.3 is 5.97 Å². The first kappa shape index (κ1) is 6.08. The summed E-state index contributed by atoms with van der Waals surface area (Å²) < 4.78 is 4.68. The summed E-state index contributed by atoms with van der Waals surface area (Å²) in [6.07, 6.45) is 1.48. The summed E-state index contributed by atoms with van der Waals surface area (Å²) in [5.41, 5.74) is 0. The van der Waals surface area contributed by atoms with E-state index in [4.69, 9.17) is 0 Å². The lowest BCUT2D eigenvalue weighted by Gasteiger charge is -2.14. The number of rotatable bonds is 0. The number of carbonyl (C=O) groups is 1. The van der Waals surface area contributed by atoms with Crippen molar-refractivity contribution >= 4 is 21.9 Å². The predicted molar refractivity (Wildman–Crippen MR) is 32.9 cm³/mol. The summed E-state index contributed by atoms with van der Waals surface area (Å²) >= 11 is 3.33. The molecule has 3 heteroatoms. The summed E-state index contributed by atoms with van der Waals surface area (Å²) in [6, 6.07) is 0. The number of esters is 1. The van der Waals surface area contributed by atoms with Gasteiger partial charge in [-0.2, -0.15) is 0 Å². The quantitative estimate of drug-likeness (QED) is 0.411. The summed E-state index contributed by atoms with van der Waals surface area (Å²) in [7, 11) is 0. The van der Waals surface area contributed by atoms with Gasteiger partial charge in [0.15, 0.2) is 0 Å². The molecule has 1 unspecified atom stereocenters. The van der Waals surface area contributed by atoms with Crippen LogP contribution in [0.5, 0.6) is 0 Å². The van der Waals surface area contributed by atoms with Crippen LogP contribution in [-0.2, 0) is 9.53 Å². The molecule has 0 aromatic carbocycles. The van der Waals surface area contributed by atoms with Gasteiger partial charge in [-0.3, -0.25) is 4.79 Å². The third-order valence-electron chi connectivity index (χ3n) is 1.08. The summed E-state index contributed by atoms with van der Waals surface area (Å²) in [6.45, 7) is 0.578. The maximum absolute atomic E-state index is 10.4. The SMILES string of the molecule is O=C1CC(Br)CCO1. The van der Waals surface area contributed by atoms with E-state index >= 15 is 0 Å². The molecule has 0 amide bonds. The average Bonchev–Trinajstić information content (AvgIpc) is 1.64. The van der Waals surface area contributed by atoms with Gasteiger partial charge in [0.05, 0.1) is 13.0 Å². The van der Waals surface area contributed by atoms with Crippen molar-refractivity contribution in [3.63, 3.8) is 0 Å². The van der Waals surface area contributed by atoms with Crippen LogP contribution in [0.3, 0.4) is 0 Å². The molecule has 1 aliphatic heterocycles. The van der Waals surface area contributed by atoms with Crippen molar-refractivity contribution < 1.29 is 9.53 Å². The van der Waals surface area contributed by atoms with Gasteiger partial charge in [-0.15, -0.1) is 0 Å². The molecule has 1 aliphatic rings. The highest BCUT2D eigenvalue weighted by Gasteiger charge is 2.16. The molecule has 1 atom stereocenters. The van der Waals surface area contributed by atoms with E-state index in [2.05, 4.69) is 20.7 Å². The summed E-state index contributed by atoms with van der Waals surface area (Å²) in [5.74, 6) is -0.0851. The second-order valence-corrected chi connectivity index (χ2v) is 3.11. The highest BCUT2D eigenvalue weighted by molar-refractivity contribution is 9.09. The summed E-state index contributed by atoms with van der Waals surface area (Å²) in [4.78, 5) is 10.8. The highest BCUT2D eigenvalue weighted by Crippen LogP contribution is 2.15. The molecule has 1 saturated heterocycles. The fraction of sp³-hybridized carbons (Fsp3) is 0.800. The topological polar surface area (TPSA) is 26.3 Å². The standard InChI is InChI=1S/C5H7BrO2/c6-4-1-2-8-5(7)3-4/h4H,1-3H2. The van der Waals surface area contributed by atoms with E-state index in [1.807, 2.05) is 0 Å². The minimum absolute atomic E-state index is 0.0851. The zero-order valence-electron chi connectivity index (χ0n) is 4.39. The van der Waals surface area contributed by atoms with Crippen LogP contribution < -0.4 is 0 Å². The molecule has 0 aromatic heterocycles. The summed E-state index contributed by atoms with van der Waals surface area (Å²) in [5, 5.41) is 0. The molecule has 0 saturated carbocycles. The van der Waals surface area contributed by atoms with Gasteiger partial charge in [-0.05, 0) is 6.42 Å². The first-order chi connectivity index (χ1) is 3.79. The van der Waals surface area contributed by atoms with Crippen LogP contribution >= 0.6 is 15.9 Å². The second-order valence-electron chi connectivity index (χ2n) is 1.81. The van der Waals surface area contributed by atoms with Crippen LogP contribution in [0, 0.1) is 0 Å². The Bertz CT molecular complexity index is 103.